The van der Waals surface area contributed by atoms with Crippen LogP contribution < -0.4 is 5.32 Å². The first-order valence-corrected chi connectivity index (χ1v) is 5.55. The van der Waals surface area contributed by atoms with Crippen LogP contribution >= 0.6 is 0 Å². The van der Waals surface area contributed by atoms with Gasteiger partial charge in [0.2, 0.25) is 5.91 Å². The Morgan fingerprint density at radius 2 is 2.07 bits per heavy atom. The molecule has 0 radical (unpaired) electrons. The molecule has 1 fully saturated rings. The van der Waals surface area contributed by atoms with E-state index in [1.807, 2.05) is 6.92 Å². The van der Waals surface area contributed by atoms with Gasteiger partial charge in [-0.3, -0.25) is 4.79 Å². The molecule has 1 aliphatic carbocycles. The molecule has 0 unspecified atom stereocenters. The molecule has 1 amide bonds. The van der Waals surface area contributed by atoms with Crippen LogP contribution in [0.3, 0.4) is 0 Å². The van der Waals surface area contributed by atoms with Gasteiger partial charge in [-0.15, -0.1) is 0 Å². The van der Waals surface area contributed by atoms with E-state index in [0.717, 1.165) is 13.0 Å². The largest absolute Gasteiger partial charge is 0.354 e. The summed E-state index contributed by atoms with van der Waals surface area (Å²) in [4.78, 5) is 13.6. The Morgan fingerprint density at radius 3 is 2.43 bits per heavy atom. The highest BCUT2D eigenvalue weighted by Crippen LogP contribution is 2.35. The molecule has 0 heterocycles. The first-order chi connectivity index (χ1) is 6.60. The third kappa shape index (κ3) is 2.47. The SMILES string of the molecule is CCCC(=O)NCC1(N(C)C)CCC1. The molecule has 3 heteroatoms. The number of hydrogen-bond donors (Lipinski definition) is 1. The first-order valence-electron chi connectivity index (χ1n) is 5.55. The standard InChI is InChI=1S/C11H22N2O/c1-4-6-10(14)12-9-11(13(2)3)7-5-8-11/h4-9H2,1-3H3,(H,12,14). The molecule has 0 bridgehead atoms. The summed E-state index contributed by atoms with van der Waals surface area (Å²) in [6, 6.07) is 0. The van der Waals surface area contributed by atoms with E-state index in [1.54, 1.807) is 0 Å². The average molecular weight is 198 g/mol. The molecule has 0 atom stereocenters. The molecular formula is C11H22N2O. The van der Waals surface area contributed by atoms with E-state index < -0.39 is 0 Å². The lowest BCUT2D eigenvalue weighted by molar-refractivity contribution is -0.122. The first kappa shape index (κ1) is 11.5. The third-order valence-corrected chi connectivity index (χ3v) is 3.32. The van der Waals surface area contributed by atoms with E-state index in [9.17, 15) is 4.79 Å². The summed E-state index contributed by atoms with van der Waals surface area (Å²) in [5.74, 6) is 0.195. The van der Waals surface area contributed by atoms with Crippen molar-refractivity contribution in [1.82, 2.24) is 10.2 Å². The molecule has 0 aromatic heterocycles. The fourth-order valence-electron chi connectivity index (χ4n) is 1.95. The van der Waals surface area contributed by atoms with Gasteiger partial charge in [0, 0.05) is 18.5 Å². The number of amides is 1. The van der Waals surface area contributed by atoms with Crippen molar-refractivity contribution in [2.24, 2.45) is 0 Å². The van der Waals surface area contributed by atoms with Crippen LogP contribution in [-0.4, -0.2) is 37.0 Å². The van der Waals surface area contributed by atoms with E-state index in [1.165, 1.54) is 19.3 Å². The van der Waals surface area contributed by atoms with Crippen LogP contribution in [0.25, 0.3) is 0 Å². The zero-order valence-electron chi connectivity index (χ0n) is 9.60. The summed E-state index contributed by atoms with van der Waals surface area (Å²) in [6.07, 6.45) is 5.31. The highest BCUT2D eigenvalue weighted by molar-refractivity contribution is 5.75. The van der Waals surface area contributed by atoms with Crippen molar-refractivity contribution in [3.8, 4) is 0 Å². The molecule has 1 rings (SSSR count). The monoisotopic (exact) mass is 198 g/mol. The second-order valence-electron chi connectivity index (χ2n) is 4.50. The molecular weight excluding hydrogens is 176 g/mol. The smallest absolute Gasteiger partial charge is 0.220 e. The van der Waals surface area contributed by atoms with Crippen molar-refractivity contribution in [3.05, 3.63) is 0 Å². The Morgan fingerprint density at radius 1 is 1.43 bits per heavy atom. The number of nitrogens with zero attached hydrogens (tertiary/aromatic N) is 1. The molecule has 0 aromatic rings. The lowest BCUT2D eigenvalue weighted by Gasteiger charge is -2.47. The number of nitrogens with one attached hydrogen (secondary N) is 1. The molecule has 0 aromatic carbocycles. The molecule has 0 saturated heterocycles. The Bertz CT molecular complexity index is 197. The second-order valence-corrected chi connectivity index (χ2v) is 4.50. The number of rotatable bonds is 5. The summed E-state index contributed by atoms with van der Waals surface area (Å²) in [7, 11) is 4.20. The molecule has 0 aliphatic heterocycles. The molecule has 3 nitrogen and oxygen atoms in total. The minimum absolute atomic E-state index is 0.195. The van der Waals surface area contributed by atoms with E-state index in [2.05, 4.69) is 24.3 Å². The zero-order chi connectivity index (χ0) is 10.6. The summed E-state index contributed by atoms with van der Waals surface area (Å²) in [5, 5.41) is 3.03. The summed E-state index contributed by atoms with van der Waals surface area (Å²) < 4.78 is 0. The molecule has 0 spiro atoms. The molecule has 1 saturated carbocycles. The highest BCUT2D eigenvalue weighted by Gasteiger charge is 2.38. The van der Waals surface area contributed by atoms with Gasteiger partial charge in [-0.1, -0.05) is 6.92 Å². The second kappa shape index (κ2) is 4.78. The summed E-state index contributed by atoms with van der Waals surface area (Å²) in [6.45, 7) is 2.85. The maximum absolute atomic E-state index is 11.3. The Kier molecular flexibility index (Phi) is 3.93. The normalized spacial score (nSPS) is 19.1. The maximum Gasteiger partial charge on any atom is 0.220 e. The van der Waals surface area contributed by atoms with Gasteiger partial charge < -0.3 is 10.2 Å². The van der Waals surface area contributed by atoms with Gasteiger partial charge in [0.15, 0.2) is 0 Å². The van der Waals surface area contributed by atoms with Crippen LogP contribution in [0.2, 0.25) is 0 Å². The fraction of sp³-hybridized carbons (Fsp3) is 0.909. The van der Waals surface area contributed by atoms with E-state index in [4.69, 9.17) is 0 Å². The van der Waals surface area contributed by atoms with Crippen LogP contribution in [0.15, 0.2) is 0 Å². The predicted octanol–water partition coefficient (Wildman–Crippen LogP) is 1.39. The average Bonchev–Trinajstić information content (AvgIpc) is 2.02. The van der Waals surface area contributed by atoms with Gasteiger partial charge in [0.1, 0.15) is 0 Å². The van der Waals surface area contributed by atoms with Crippen molar-refractivity contribution < 1.29 is 4.79 Å². The number of likely N-dealkylation sites (N-methyl/N-ethyl adjacent to an activating group) is 1. The molecule has 14 heavy (non-hydrogen) atoms. The minimum atomic E-state index is 0.195. The summed E-state index contributed by atoms with van der Waals surface area (Å²) >= 11 is 0. The van der Waals surface area contributed by atoms with Crippen molar-refractivity contribution in [1.29, 1.82) is 0 Å². The van der Waals surface area contributed by atoms with Gasteiger partial charge in [0.25, 0.3) is 0 Å². The van der Waals surface area contributed by atoms with E-state index >= 15 is 0 Å². The van der Waals surface area contributed by atoms with Crippen LogP contribution in [0.5, 0.6) is 0 Å². The van der Waals surface area contributed by atoms with Gasteiger partial charge >= 0.3 is 0 Å². The minimum Gasteiger partial charge on any atom is -0.354 e. The topological polar surface area (TPSA) is 32.3 Å². The number of hydrogen-bond acceptors (Lipinski definition) is 2. The lowest BCUT2D eigenvalue weighted by Crippen LogP contribution is -2.57. The fourth-order valence-corrected chi connectivity index (χ4v) is 1.95. The zero-order valence-corrected chi connectivity index (χ0v) is 9.60. The number of carbonyl (C=O) groups is 1. The maximum atomic E-state index is 11.3. The van der Waals surface area contributed by atoms with Crippen LogP contribution in [-0.2, 0) is 4.79 Å². The van der Waals surface area contributed by atoms with Gasteiger partial charge in [-0.25, -0.2) is 0 Å². The Hall–Kier alpha value is -0.570. The van der Waals surface area contributed by atoms with Gasteiger partial charge in [-0.05, 0) is 39.8 Å². The van der Waals surface area contributed by atoms with Crippen LogP contribution in [0, 0.1) is 0 Å². The number of carbonyl (C=O) groups excluding carboxylic acids is 1. The highest BCUT2D eigenvalue weighted by atomic mass is 16.1. The predicted molar refractivity (Wildman–Crippen MR) is 58.2 cm³/mol. The Labute approximate surface area is 86.9 Å². The Balaban J connectivity index is 2.31. The van der Waals surface area contributed by atoms with Crippen molar-refractivity contribution in [3.63, 3.8) is 0 Å². The van der Waals surface area contributed by atoms with Crippen molar-refractivity contribution in [2.75, 3.05) is 20.6 Å². The molecule has 1 aliphatic rings. The van der Waals surface area contributed by atoms with Gasteiger partial charge in [0.05, 0.1) is 0 Å². The van der Waals surface area contributed by atoms with E-state index in [0.29, 0.717) is 6.42 Å². The van der Waals surface area contributed by atoms with Crippen LogP contribution in [0.4, 0.5) is 0 Å². The van der Waals surface area contributed by atoms with Gasteiger partial charge in [-0.2, -0.15) is 0 Å². The molecule has 1 N–H and O–H groups in total. The van der Waals surface area contributed by atoms with Crippen molar-refractivity contribution >= 4 is 5.91 Å². The van der Waals surface area contributed by atoms with Crippen molar-refractivity contribution in [2.45, 2.75) is 44.6 Å². The molecule has 82 valence electrons. The van der Waals surface area contributed by atoms with E-state index in [-0.39, 0.29) is 11.4 Å². The lowest BCUT2D eigenvalue weighted by atomic mass is 9.75. The van der Waals surface area contributed by atoms with Crippen LogP contribution in [0.1, 0.15) is 39.0 Å². The third-order valence-electron chi connectivity index (χ3n) is 3.32. The quantitative estimate of drug-likeness (QED) is 0.724. The summed E-state index contributed by atoms with van der Waals surface area (Å²) in [5.41, 5.74) is 0.253.